The fourth-order valence-corrected chi connectivity index (χ4v) is 2.39. The van der Waals surface area contributed by atoms with E-state index in [1.165, 1.54) is 70.6 Å². The molecule has 0 atom stereocenters. The van der Waals surface area contributed by atoms with Crippen molar-refractivity contribution in [3.05, 3.63) is 24.3 Å². The van der Waals surface area contributed by atoms with Gasteiger partial charge in [-0.1, -0.05) is 90.2 Å². The summed E-state index contributed by atoms with van der Waals surface area (Å²) in [5.74, 6) is -1.77. The summed E-state index contributed by atoms with van der Waals surface area (Å²) in [5, 5.41) is 16.3. The molecule has 0 heterocycles. The maximum Gasteiger partial charge on any atom is 0.330 e. The molecule has 0 spiro atoms. The van der Waals surface area contributed by atoms with Crippen molar-refractivity contribution in [1.82, 2.24) is 0 Å². The van der Waals surface area contributed by atoms with Crippen molar-refractivity contribution in [3.8, 4) is 0 Å². The van der Waals surface area contributed by atoms with Crippen LogP contribution in [0, 0.1) is 0 Å². The van der Waals surface area contributed by atoms with E-state index in [0.717, 1.165) is 18.9 Å². The van der Waals surface area contributed by atoms with Crippen molar-refractivity contribution in [2.45, 2.75) is 97.3 Å². The molecule has 0 saturated heterocycles. The molecule has 0 aliphatic carbocycles. The number of hydrogen-bond donors (Lipinski definition) is 2. The van der Waals surface area contributed by atoms with Gasteiger partial charge in [0.1, 0.15) is 0 Å². The van der Waals surface area contributed by atoms with Gasteiger partial charge in [-0.25, -0.2) is 9.59 Å². The van der Waals surface area contributed by atoms with Gasteiger partial charge in [-0.2, -0.15) is 0 Å². The van der Waals surface area contributed by atoms with E-state index in [1.54, 1.807) is 6.92 Å². The number of hydrogen-bond acceptors (Lipinski definition) is 2. The summed E-state index contributed by atoms with van der Waals surface area (Å²) in [7, 11) is 0. The van der Waals surface area contributed by atoms with Crippen LogP contribution < -0.4 is 0 Å². The van der Waals surface area contributed by atoms with Gasteiger partial charge in [-0.05, 0) is 19.8 Å². The van der Waals surface area contributed by atoms with Crippen LogP contribution in [0.5, 0.6) is 0 Å². The third-order valence-electron chi connectivity index (χ3n) is 4.02. The molecule has 0 aliphatic rings. The lowest BCUT2D eigenvalue weighted by molar-refractivity contribution is -0.133. The number of carboxylic acid groups (broad SMARTS) is 2. The predicted molar refractivity (Wildman–Crippen MR) is 105 cm³/mol. The zero-order chi connectivity index (χ0) is 19.3. The Morgan fingerprint density at radius 2 is 1.16 bits per heavy atom. The van der Waals surface area contributed by atoms with Gasteiger partial charge in [0, 0.05) is 11.6 Å². The van der Waals surface area contributed by atoms with Crippen molar-refractivity contribution in [3.63, 3.8) is 0 Å². The molecule has 0 amide bonds. The minimum absolute atomic E-state index is 0.480. The van der Waals surface area contributed by atoms with E-state index in [1.807, 2.05) is 6.08 Å². The van der Waals surface area contributed by atoms with E-state index in [0.29, 0.717) is 5.57 Å². The maximum absolute atomic E-state index is 10.6. The van der Waals surface area contributed by atoms with Gasteiger partial charge in [0.15, 0.2) is 0 Å². The molecular weight excluding hydrogens is 316 g/mol. The maximum atomic E-state index is 10.6. The second kappa shape index (κ2) is 20.5. The van der Waals surface area contributed by atoms with Gasteiger partial charge in [0.2, 0.25) is 0 Å². The summed E-state index contributed by atoms with van der Waals surface area (Å²) in [6, 6.07) is 0. The minimum atomic E-state index is -0.981. The van der Waals surface area contributed by atoms with E-state index in [9.17, 15) is 9.59 Å². The van der Waals surface area contributed by atoms with Crippen LogP contribution in [0.3, 0.4) is 0 Å². The molecule has 0 aliphatic heterocycles. The molecule has 4 nitrogen and oxygen atoms in total. The molecule has 0 saturated carbocycles. The number of carbonyl (C=O) groups is 2. The number of allylic oxidation sites excluding steroid dienone is 1. The highest BCUT2D eigenvalue weighted by atomic mass is 16.4. The summed E-state index contributed by atoms with van der Waals surface area (Å²) in [6.07, 6.45) is 19.8. The van der Waals surface area contributed by atoms with E-state index in [4.69, 9.17) is 10.2 Å². The molecule has 0 aromatic rings. The second-order valence-electron chi connectivity index (χ2n) is 6.41. The second-order valence-corrected chi connectivity index (χ2v) is 6.41. The zero-order valence-electron chi connectivity index (χ0n) is 16.3. The van der Waals surface area contributed by atoms with Crippen LogP contribution in [0.25, 0.3) is 0 Å². The Labute approximate surface area is 154 Å². The molecule has 146 valence electrons. The highest BCUT2D eigenvalue weighted by Crippen LogP contribution is 2.12. The molecule has 2 N–H and O–H groups in total. The van der Waals surface area contributed by atoms with Gasteiger partial charge in [0.25, 0.3) is 0 Å². The molecular formula is C21H38O4. The summed E-state index contributed by atoms with van der Waals surface area (Å²) >= 11 is 0. The lowest BCUT2D eigenvalue weighted by atomic mass is 10.0. The summed E-state index contributed by atoms with van der Waals surface area (Å²) in [5.41, 5.74) is 0.480. The third-order valence-corrected chi connectivity index (χ3v) is 4.02. The molecule has 0 rings (SSSR count). The zero-order valence-corrected chi connectivity index (χ0v) is 16.3. The van der Waals surface area contributed by atoms with Crippen LogP contribution in [0.15, 0.2) is 24.3 Å². The van der Waals surface area contributed by atoms with E-state index in [-0.39, 0.29) is 0 Å². The molecule has 0 fully saturated rings. The summed E-state index contributed by atoms with van der Waals surface area (Å²) in [6.45, 7) is 6.89. The first-order valence-corrected chi connectivity index (χ1v) is 9.71. The molecule has 25 heavy (non-hydrogen) atoms. The van der Waals surface area contributed by atoms with Crippen molar-refractivity contribution >= 4 is 11.9 Å². The molecule has 0 bridgehead atoms. The Morgan fingerprint density at radius 1 is 0.800 bits per heavy atom. The molecule has 0 unspecified atom stereocenters. The molecule has 0 aromatic carbocycles. The van der Waals surface area contributed by atoms with Crippen molar-refractivity contribution in [2.75, 3.05) is 0 Å². The summed E-state index contributed by atoms with van der Waals surface area (Å²) in [4.78, 5) is 19.8. The Hall–Kier alpha value is -1.58. The fraction of sp³-hybridized carbons (Fsp3) is 0.714. The van der Waals surface area contributed by atoms with Crippen LogP contribution in [0.2, 0.25) is 0 Å². The quantitative estimate of drug-likeness (QED) is 0.265. The number of aliphatic carboxylic acids is 2. The Balaban J connectivity index is 0. The number of unbranched alkanes of at least 4 members (excludes halogenated alkanes) is 12. The normalized spacial score (nSPS) is 10.7. The van der Waals surface area contributed by atoms with Crippen LogP contribution >= 0.6 is 0 Å². The summed E-state index contributed by atoms with van der Waals surface area (Å²) < 4.78 is 0. The van der Waals surface area contributed by atoms with Gasteiger partial charge in [-0.15, -0.1) is 0 Å². The molecule has 0 aromatic heterocycles. The first-order valence-electron chi connectivity index (χ1n) is 9.71. The van der Waals surface area contributed by atoms with Crippen molar-refractivity contribution in [1.29, 1.82) is 0 Å². The van der Waals surface area contributed by atoms with Gasteiger partial charge in [-0.3, -0.25) is 0 Å². The van der Waals surface area contributed by atoms with Gasteiger partial charge >= 0.3 is 11.9 Å². The lowest BCUT2D eigenvalue weighted by Crippen LogP contribution is -1.95. The average Bonchev–Trinajstić information content (AvgIpc) is 2.59. The van der Waals surface area contributed by atoms with E-state index < -0.39 is 11.9 Å². The van der Waals surface area contributed by atoms with Crippen LogP contribution in [0.4, 0.5) is 0 Å². The van der Waals surface area contributed by atoms with Gasteiger partial charge < -0.3 is 10.2 Å². The van der Waals surface area contributed by atoms with Gasteiger partial charge in [0.05, 0.1) is 0 Å². The SMILES string of the molecule is C=CC(=O)O.CCCCCCCCCCCCCCC=C(C)C(=O)O. The van der Waals surface area contributed by atoms with Crippen LogP contribution in [0.1, 0.15) is 97.3 Å². The average molecular weight is 355 g/mol. The minimum Gasteiger partial charge on any atom is -0.478 e. The highest BCUT2D eigenvalue weighted by molar-refractivity contribution is 5.85. The van der Waals surface area contributed by atoms with Crippen molar-refractivity contribution in [2.24, 2.45) is 0 Å². The largest absolute Gasteiger partial charge is 0.478 e. The fourth-order valence-electron chi connectivity index (χ4n) is 2.39. The smallest absolute Gasteiger partial charge is 0.330 e. The first kappa shape index (κ1) is 25.7. The van der Waals surface area contributed by atoms with E-state index >= 15 is 0 Å². The Bertz CT molecular complexity index is 372. The standard InChI is InChI=1S/C18H34O2.C3H4O2/c1-3-4-5-6-7-8-9-10-11-12-13-14-15-16-17(2)18(19)20;1-2-3(4)5/h16H,3-15H2,1-2H3,(H,19,20);2H,1H2,(H,4,5). The van der Waals surface area contributed by atoms with Crippen molar-refractivity contribution < 1.29 is 19.8 Å². The monoisotopic (exact) mass is 354 g/mol. The highest BCUT2D eigenvalue weighted by Gasteiger charge is 1.98. The van der Waals surface area contributed by atoms with Crippen LogP contribution in [-0.4, -0.2) is 22.2 Å². The molecule has 0 radical (unpaired) electrons. The Kier molecular flexibility index (Phi) is 21.0. The lowest BCUT2D eigenvalue weighted by Gasteiger charge is -2.02. The first-order chi connectivity index (χ1) is 12.0. The predicted octanol–water partition coefficient (Wildman–Crippen LogP) is 6.37. The Morgan fingerprint density at radius 3 is 1.48 bits per heavy atom. The third kappa shape index (κ3) is 24.8. The number of rotatable bonds is 15. The molecule has 4 heteroatoms. The topological polar surface area (TPSA) is 74.6 Å². The van der Waals surface area contributed by atoms with Crippen LogP contribution in [-0.2, 0) is 9.59 Å². The van der Waals surface area contributed by atoms with E-state index in [2.05, 4.69) is 13.5 Å². The number of carboxylic acids is 2.